The molecule has 0 radical (unpaired) electrons. The van der Waals surface area contributed by atoms with Gasteiger partial charge in [-0.1, -0.05) is 53.6 Å². The molecule has 1 amide bonds. The van der Waals surface area contributed by atoms with Crippen LogP contribution in [0.2, 0.25) is 5.02 Å². The zero-order chi connectivity index (χ0) is 23.6. The standard InChI is InChI=1S/C23H19ClN4O4S/c1-15-9-11-18(12-10-15)33(31,32)28(17-6-4-5-16(24)13-17)14-21(29)26-27-22-19-7-2-3-8-20(19)25-23(22)30/h2-13,25,30H,14H2,1H3. The van der Waals surface area contributed by atoms with E-state index in [0.29, 0.717) is 15.9 Å². The normalized spacial score (nSPS) is 11.8. The number of benzene rings is 3. The van der Waals surface area contributed by atoms with Gasteiger partial charge in [-0.3, -0.25) is 9.10 Å². The summed E-state index contributed by atoms with van der Waals surface area (Å²) in [5.74, 6) is -1.07. The summed E-state index contributed by atoms with van der Waals surface area (Å²) >= 11 is 6.06. The molecule has 1 aromatic heterocycles. The summed E-state index contributed by atoms with van der Waals surface area (Å²) in [5.41, 5.74) is 1.82. The van der Waals surface area contributed by atoms with Crippen LogP contribution in [0, 0.1) is 6.92 Å². The number of carbonyl (C=O) groups is 1. The van der Waals surface area contributed by atoms with Crippen molar-refractivity contribution < 1.29 is 18.3 Å². The van der Waals surface area contributed by atoms with Crippen molar-refractivity contribution in [1.82, 2.24) is 4.98 Å². The number of sulfonamides is 1. The fourth-order valence-corrected chi connectivity index (χ4v) is 4.85. The molecule has 0 unspecified atom stereocenters. The maximum atomic E-state index is 13.4. The number of H-pyrrole nitrogens is 1. The van der Waals surface area contributed by atoms with Crippen LogP contribution in [0.15, 0.2) is 87.9 Å². The Morgan fingerprint density at radius 2 is 1.79 bits per heavy atom. The Kier molecular flexibility index (Phi) is 6.17. The number of hydrogen-bond acceptors (Lipinski definition) is 5. The Hall–Kier alpha value is -3.69. The van der Waals surface area contributed by atoms with Crippen LogP contribution in [0.25, 0.3) is 10.9 Å². The number of carbonyl (C=O) groups excluding carboxylic acids is 1. The number of rotatable bonds is 6. The lowest BCUT2D eigenvalue weighted by atomic mass is 10.2. The quantitative estimate of drug-likeness (QED) is 0.361. The van der Waals surface area contributed by atoms with Gasteiger partial charge in [0.05, 0.1) is 16.1 Å². The average Bonchev–Trinajstić information content (AvgIpc) is 3.11. The lowest BCUT2D eigenvalue weighted by Crippen LogP contribution is -2.35. The topological polar surface area (TPSA) is 115 Å². The molecule has 10 heteroatoms. The number of aryl methyl sites for hydroxylation is 1. The van der Waals surface area contributed by atoms with Crippen LogP contribution in [0.1, 0.15) is 5.56 Å². The first kappa shape index (κ1) is 22.5. The number of halogens is 1. The number of para-hydroxylation sites is 1. The van der Waals surface area contributed by atoms with Gasteiger partial charge in [0.25, 0.3) is 15.9 Å². The highest BCUT2D eigenvalue weighted by molar-refractivity contribution is 7.92. The summed E-state index contributed by atoms with van der Waals surface area (Å²) in [6, 6.07) is 19.4. The van der Waals surface area contributed by atoms with E-state index in [4.69, 9.17) is 11.6 Å². The summed E-state index contributed by atoms with van der Waals surface area (Å²) in [6.07, 6.45) is 0. The predicted molar refractivity (Wildman–Crippen MR) is 127 cm³/mol. The van der Waals surface area contributed by atoms with Gasteiger partial charge in [0, 0.05) is 10.4 Å². The van der Waals surface area contributed by atoms with E-state index >= 15 is 0 Å². The van der Waals surface area contributed by atoms with Gasteiger partial charge in [0.2, 0.25) is 5.88 Å². The van der Waals surface area contributed by atoms with E-state index in [1.165, 1.54) is 24.3 Å². The highest BCUT2D eigenvalue weighted by Crippen LogP contribution is 2.35. The minimum absolute atomic E-state index is 0.0205. The van der Waals surface area contributed by atoms with Crippen LogP contribution >= 0.6 is 11.6 Å². The molecule has 0 fully saturated rings. The molecule has 4 rings (SSSR count). The van der Waals surface area contributed by atoms with Crippen molar-refractivity contribution in [3.63, 3.8) is 0 Å². The number of nitrogens with one attached hydrogen (secondary N) is 1. The lowest BCUT2D eigenvalue weighted by molar-refractivity contribution is -0.116. The molecule has 0 atom stereocenters. The first-order chi connectivity index (χ1) is 15.8. The van der Waals surface area contributed by atoms with Crippen molar-refractivity contribution in [1.29, 1.82) is 0 Å². The molecule has 0 spiro atoms. The molecule has 3 aromatic carbocycles. The van der Waals surface area contributed by atoms with Gasteiger partial charge in [-0.05, 0) is 43.3 Å². The SMILES string of the molecule is Cc1ccc(S(=O)(=O)N(CC(=O)N=Nc2c(O)[nH]c3ccccc23)c2cccc(Cl)c2)cc1. The molecule has 0 bridgehead atoms. The van der Waals surface area contributed by atoms with Crippen molar-refractivity contribution in [2.24, 2.45) is 10.2 Å². The number of aromatic amines is 1. The molecular weight excluding hydrogens is 464 g/mol. The Morgan fingerprint density at radius 3 is 2.52 bits per heavy atom. The zero-order valence-corrected chi connectivity index (χ0v) is 19.0. The fourth-order valence-electron chi connectivity index (χ4n) is 3.26. The highest BCUT2D eigenvalue weighted by Gasteiger charge is 2.27. The highest BCUT2D eigenvalue weighted by atomic mass is 35.5. The first-order valence-corrected chi connectivity index (χ1v) is 11.7. The van der Waals surface area contributed by atoms with E-state index in [2.05, 4.69) is 15.2 Å². The second-order valence-electron chi connectivity index (χ2n) is 7.27. The van der Waals surface area contributed by atoms with E-state index in [1.54, 1.807) is 48.5 Å². The minimum Gasteiger partial charge on any atom is -0.493 e. The van der Waals surface area contributed by atoms with E-state index in [0.717, 1.165) is 9.87 Å². The maximum absolute atomic E-state index is 13.4. The average molecular weight is 483 g/mol. The number of fused-ring (bicyclic) bond motifs is 1. The molecule has 0 aliphatic carbocycles. The van der Waals surface area contributed by atoms with E-state index in [9.17, 15) is 18.3 Å². The Balaban J connectivity index is 1.68. The second-order valence-corrected chi connectivity index (χ2v) is 9.56. The van der Waals surface area contributed by atoms with Gasteiger partial charge in [-0.2, -0.15) is 0 Å². The monoisotopic (exact) mass is 482 g/mol. The van der Waals surface area contributed by atoms with Gasteiger partial charge in [-0.25, -0.2) is 8.42 Å². The van der Waals surface area contributed by atoms with E-state index < -0.39 is 22.5 Å². The number of anilines is 1. The van der Waals surface area contributed by atoms with E-state index in [-0.39, 0.29) is 22.2 Å². The van der Waals surface area contributed by atoms with Gasteiger partial charge in [0.15, 0.2) is 5.69 Å². The third-order valence-electron chi connectivity index (χ3n) is 4.91. The third kappa shape index (κ3) is 4.74. The third-order valence-corrected chi connectivity index (χ3v) is 6.93. The molecule has 0 saturated heterocycles. The Bertz CT molecular complexity index is 1460. The van der Waals surface area contributed by atoms with Crippen LogP contribution in [0.3, 0.4) is 0 Å². The summed E-state index contributed by atoms with van der Waals surface area (Å²) in [5, 5.41) is 18.5. The van der Waals surface area contributed by atoms with Gasteiger partial charge in [-0.15, -0.1) is 10.2 Å². The van der Waals surface area contributed by atoms with Crippen LogP contribution in [0.5, 0.6) is 5.88 Å². The number of nitrogens with zero attached hydrogens (tertiary/aromatic N) is 3. The number of hydrogen-bond donors (Lipinski definition) is 2. The minimum atomic E-state index is -4.10. The molecule has 1 heterocycles. The predicted octanol–water partition coefficient (Wildman–Crippen LogP) is 5.34. The van der Waals surface area contributed by atoms with Crippen molar-refractivity contribution in [2.75, 3.05) is 10.8 Å². The van der Waals surface area contributed by atoms with Gasteiger partial charge >= 0.3 is 0 Å². The number of aromatic nitrogens is 1. The maximum Gasteiger partial charge on any atom is 0.285 e. The number of azo groups is 1. The van der Waals surface area contributed by atoms with Crippen molar-refractivity contribution >= 4 is 49.8 Å². The molecule has 0 saturated carbocycles. The number of aromatic hydroxyl groups is 1. The molecule has 4 aromatic rings. The van der Waals surface area contributed by atoms with Crippen LogP contribution in [-0.4, -0.2) is 31.0 Å². The molecular formula is C23H19ClN4O4S. The summed E-state index contributed by atoms with van der Waals surface area (Å²) in [6.45, 7) is 1.23. The molecule has 0 aliphatic heterocycles. The Labute approximate surface area is 195 Å². The fraction of sp³-hybridized carbons (Fsp3) is 0.0870. The summed E-state index contributed by atoms with van der Waals surface area (Å²) in [7, 11) is -4.10. The number of amides is 1. The lowest BCUT2D eigenvalue weighted by Gasteiger charge is -2.23. The smallest absolute Gasteiger partial charge is 0.285 e. The Morgan fingerprint density at radius 1 is 1.06 bits per heavy atom. The molecule has 33 heavy (non-hydrogen) atoms. The zero-order valence-electron chi connectivity index (χ0n) is 17.4. The molecule has 2 N–H and O–H groups in total. The molecule has 168 valence electrons. The summed E-state index contributed by atoms with van der Waals surface area (Å²) in [4.78, 5) is 15.5. The van der Waals surface area contributed by atoms with Crippen LogP contribution < -0.4 is 4.31 Å². The summed E-state index contributed by atoms with van der Waals surface area (Å²) < 4.78 is 27.7. The van der Waals surface area contributed by atoms with Crippen molar-refractivity contribution in [2.45, 2.75) is 11.8 Å². The first-order valence-electron chi connectivity index (χ1n) is 9.85. The van der Waals surface area contributed by atoms with Gasteiger partial charge in [0.1, 0.15) is 6.54 Å². The van der Waals surface area contributed by atoms with Crippen molar-refractivity contribution in [3.8, 4) is 5.88 Å². The van der Waals surface area contributed by atoms with Crippen LogP contribution in [-0.2, 0) is 14.8 Å². The largest absolute Gasteiger partial charge is 0.493 e. The molecule has 8 nitrogen and oxygen atoms in total. The molecule has 0 aliphatic rings. The van der Waals surface area contributed by atoms with Gasteiger partial charge < -0.3 is 10.1 Å². The second kappa shape index (κ2) is 9.05. The van der Waals surface area contributed by atoms with E-state index in [1.807, 2.05) is 6.92 Å². The van der Waals surface area contributed by atoms with Crippen molar-refractivity contribution in [3.05, 3.63) is 83.4 Å². The van der Waals surface area contributed by atoms with Crippen LogP contribution in [0.4, 0.5) is 11.4 Å².